The number of benzene rings is 1. The quantitative estimate of drug-likeness (QED) is 0.647. The molecule has 33 heavy (non-hydrogen) atoms. The number of nitrogens with one attached hydrogen (secondary N) is 1. The van der Waals surface area contributed by atoms with Gasteiger partial charge >= 0.3 is 6.18 Å². The highest BCUT2D eigenvalue weighted by atomic mass is 19.4. The second kappa shape index (κ2) is 8.58. The molecule has 7 nitrogen and oxygen atoms in total. The van der Waals surface area contributed by atoms with Crippen molar-refractivity contribution in [1.82, 2.24) is 4.98 Å². The van der Waals surface area contributed by atoms with Crippen molar-refractivity contribution in [3.05, 3.63) is 53.4 Å². The third-order valence-corrected chi connectivity index (χ3v) is 5.85. The maximum atomic E-state index is 14.4. The van der Waals surface area contributed by atoms with E-state index in [4.69, 9.17) is 15.2 Å². The molecular weight excluding hydrogens is 453 g/mol. The standard InChI is InChI=1S/C21H20F5N3O4/c1-9-14(11-4-5-12(22)15(23)16(11)32-3)17(33-20(9,2)21(24,25)26)19(31)29-10-6-7-28-13(8-10)18(27)30/h4-9,14,17H,1-3H3,(H2,27,30)(H,28,29,31)/t9-,14-,17+,20-/m0/s1. The van der Waals surface area contributed by atoms with Crippen LogP contribution in [0.5, 0.6) is 5.75 Å². The number of hydrogen-bond donors (Lipinski definition) is 2. The van der Waals surface area contributed by atoms with Crippen molar-refractivity contribution in [1.29, 1.82) is 0 Å². The van der Waals surface area contributed by atoms with Gasteiger partial charge in [-0.1, -0.05) is 13.0 Å². The van der Waals surface area contributed by atoms with Crippen LogP contribution in [0.1, 0.15) is 35.8 Å². The van der Waals surface area contributed by atoms with Crippen molar-refractivity contribution in [2.24, 2.45) is 11.7 Å². The highest BCUT2D eigenvalue weighted by molar-refractivity contribution is 5.97. The Morgan fingerprint density at radius 1 is 1.24 bits per heavy atom. The Labute approximate surface area is 185 Å². The zero-order valence-electron chi connectivity index (χ0n) is 17.7. The predicted molar refractivity (Wildman–Crippen MR) is 106 cm³/mol. The highest BCUT2D eigenvalue weighted by Gasteiger charge is 2.65. The van der Waals surface area contributed by atoms with Gasteiger partial charge in [-0.2, -0.15) is 17.6 Å². The Bertz CT molecular complexity index is 1090. The van der Waals surface area contributed by atoms with E-state index in [1.807, 2.05) is 0 Å². The number of hydrogen-bond acceptors (Lipinski definition) is 5. The van der Waals surface area contributed by atoms with Crippen LogP contribution in [-0.4, -0.2) is 41.8 Å². The number of methoxy groups -OCH3 is 1. The Kier molecular flexibility index (Phi) is 6.33. The maximum Gasteiger partial charge on any atom is 0.417 e. The largest absolute Gasteiger partial charge is 0.493 e. The normalized spacial score (nSPS) is 25.0. The van der Waals surface area contributed by atoms with E-state index in [1.165, 1.54) is 19.2 Å². The van der Waals surface area contributed by atoms with Crippen LogP contribution < -0.4 is 15.8 Å². The minimum absolute atomic E-state index is 0.0247. The van der Waals surface area contributed by atoms with Crippen molar-refractivity contribution in [2.45, 2.75) is 37.6 Å². The summed E-state index contributed by atoms with van der Waals surface area (Å²) in [5, 5.41) is 2.36. The molecule has 0 aliphatic carbocycles. The lowest BCUT2D eigenvalue weighted by Crippen LogP contribution is -2.47. The Hall–Kier alpha value is -3.28. The van der Waals surface area contributed by atoms with Gasteiger partial charge in [-0.3, -0.25) is 14.6 Å². The average Bonchev–Trinajstić information content (AvgIpc) is 3.02. The number of anilines is 1. The third-order valence-electron chi connectivity index (χ3n) is 5.85. The van der Waals surface area contributed by atoms with Crippen molar-refractivity contribution < 1.29 is 41.0 Å². The van der Waals surface area contributed by atoms with E-state index in [2.05, 4.69) is 10.3 Å². The first kappa shape index (κ1) is 24.4. The Morgan fingerprint density at radius 3 is 2.48 bits per heavy atom. The molecule has 1 aliphatic heterocycles. The maximum absolute atomic E-state index is 14.4. The second-order valence-electron chi connectivity index (χ2n) is 7.72. The molecule has 1 saturated heterocycles. The van der Waals surface area contributed by atoms with Crippen molar-refractivity contribution in [3.63, 3.8) is 0 Å². The van der Waals surface area contributed by atoms with E-state index in [-0.39, 0.29) is 16.9 Å². The topological polar surface area (TPSA) is 104 Å². The smallest absolute Gasteiger partial charge is 0.417 e. The lowest BCUT2D eigenvalue weighted by molar-refractivity contribution is -0.272. The third kappa shape index (κ3) is 4.22. The summed E-state index contributed by atoms with van der Waals surface area (Å²) < 4.78 is 80.1. The van der Waals surface area contributed by atoms with Crippen LogP contribution in [0.25, 0.3) is 0 Å². The van der Waals surface area contributed by atoms with Crippen LogP contribution in [0.15, 0.2) is 30.5 Å². The van der Waals surface area contributed by atoms with Crippen LogP contribution in [0.4, 0.5) is 27.6 Å². The molecular formula is C21H20F5N3O4. The zero-order valence-corrected chi connectivity index (χ0v) is 17.7. The van der Waals surface area contributed by atoms with Crippen LogP contribution >= 0.6 is 0 Å². The summed E-state index contributed by atoms with van der Waals surface area (Å²) in [5.74, 6) is -7.94. The number of pyridine rings is 1. The summed E-state index contributed by atoms with van der Waals surface area (Å²) in [4.78, 5) is 28.1. The molecule has 3 N–H and O–H groups in total. The number of aromatic nitrogens is 1. The Balaban J connectivity index is 2.07. The number of halogens is 5. The molecule has 1 aliphatic rings. The predicted octanol–water partition coefficient (Wildman–Crippen LogP) is 3.55. The number of rotatable bonds is 5. The molecule has 4 atom stereocenters. The van der Waals surface area contributed by atoms with Gasteiger partial charge in [-0.05, 0) is 25.1 Å². The first-order valence-electron chi connectivity index (χ1n) is 9.65. The van der Waals surface area contributed by atoms with E-state index in [0.29, 0.717) is 0 Å². The van der Waals surface area contributed by atoms with Crippen molar-refractivity contribution in [2.75, 3.05) is 12.4 Å². The van der Waals surface area contributed by atoms with Gasteiger partial charge in [0, 0.05) is 29.3 Å². The molecule has 12 heteroatoms. The summed E-state index contributed by atoms with van der Waals surface area (Å²) in [5.41, 5.74) is 2.04. The molecule has 2 heterocycles. The van der Waals surface area contributed by atoms with E-state index >= 15 is 0 Å². The van der Waals surface area contributed by atoms with Gasteiger partial charge in [0.1, 0.15) is 11.8 Å². The van der Waals surface area contributed by atoms with Gasteiger partial charge in [-0.15, -0.1) is 0 Å². The van der Waals surface area contributed by atoms with Crippen molar-refractivity contribution in [3.8, 4) is 5.75 Å². The molecule has 0 spiro atoms. The van der Waals surface area contributed by atoms with E-state index in [0.717, 1.165) is 32.2 Å². The fraction of sp³-hybridized carbons (Fsp3) is 0.381. The molecule has 1 aromatic carbocycles. The van der Waals surface area contributed by atoms with Gasteiger partial charge in [0.15, 0.2) is 17.2 Å². The molecule has 0 saturated carbocycles. The van der Waals surface area contributed by atoms with E-state index < -0.39 is 58.9 Å². The van der Waals surface area contributed by atoms with E-state index in [9.17, 15) is 31.5 Å². The summed E-state index contributed by atoms with van der Waals surface area (Å²) in [6.45, 7) is 1.98. The van der Waals surface area contributed by atoms with Crippen molar-refractivity contribution >= 4 is 17.5 Å². The van der Waals surface area contributed by atoms with Gasteiger partial charge < -0.3 is 20.5 Å². The van der Waals surface area contributed by atoms with Gasteiger partial charge in [0.25, 0.3) is 11.8 Å². The number of carbonyl (C=O) groups excluding carboxylic acids is 2. The molecule has 1 fully saturated rings. The first-order chi connectivity index (χ1) is 15.3. The van der Waals surface area contributed by atoms with Gasteiger partial charge in [-0.25, -0.2) is 4.39 Å². The fourth-order valence-electron chi connectivity index (χ4n) is 3.90. The zero-order chi connectivity index (χ0) is 24.7. The molecule has 2 aromatic rings. The highest BCUT2D eigenvalue weighted by Crippen LogP contribution is 2.55. The Morgan fingerprint density at radius 2 is 1.91 bits per heavy atom. The lowest BCUT2D eigenvalue weighted by atomic mass is 9.77. The molecule has 0 radical (unpaired) electrons. The number of nitrogens with zero attached hydrogens (tertiary/aromatic N) is 1. The number of carbonyl (C=O) groups is 2. The van der Waals surface area contributed by atoms with Crippen LogP contribution in [0, 0.1) is 17.6 Å². The fourth-order valence-corrected chi connectivity index (χ4v) is 3.90. The first-order valence-corrected chi connectivity index (χ1v) is 9.65. The minimum atomic E-state index is -4.89. The summed E-state index contributed by atoms with van der Waals surface area (Å²) >= 11 is 0. The van der Waals surface area contributed by atoms with Gasteiger partial charge in [0.2, 0.25) is 5.82 Å². The summed E-state index contributed by atoms with van der Waals surface area (Å²) in [6, 6.07) is 4.22. The SMILES string of the molecule is COc1c([C@H]2[C@H](C(=O)Nc3ccnc(C(N)=O)c3)O[C@](C)(C(F)(F)F)[C@H]2C)ccc(F)c1F. The van der Waals surface area contributed by atoms with E-state index in [1.54, 1.807) is 0 Å². The molecule has 178 valence electrons. The average molecular weight is 473 g/mol. The summed E-state index contributed by atoms with van der Waals surface area (Å²) in [6.07, 6.45) is -5.49. The second-order valence-corrected chi connectivity index (χ2v) is 7.72. The monoisotopic (exact) mass is 473 g/mol. The number of ether oxygens (including phenoxy) is 2. The molecule has 0 unspecified atom stereocenters. The van der Waals surface area contributed by atoms with Crippen LogP contribution in [-0.2, 0) is 9.53 Å². The molecule has 2 amide bonds. The lowest BCUT2D eigenvalue weighted by Gasteiger charge is -2.32. The number of alkyl halides is 3. The number of primary amides is 1. The van der Waals surface area contributed by atoms with Crippen LogP contribution in [0.2, 0.25) is 0 Å². The number of nitrogens with two attached hydrogens (primary N) is 1. The summed E-state index contributed by atoms with van der Waals surface area (Å²) in [7, 11) is 1.03. The van der Waals surface area contributed by atoms with Gasteiger partial charge in [0.05, 0.1) is 7.11 Å². The molecule has 1 aromatic heterocycles. The van der Waals surface area contributed by atoms with Crippen LogP contribution in [0.3, 0.4) is 0 Å². The molecule has 3 rings (SSSR count). The minimum Gasteiger partial charge on any atom is -0.493 e. The molecule has 0 bridgehead atoms. The number of amides is 2.